The van der Waals surface area contributed by atoms with Crippen molar-refractivity contribution >= 4 is 17.0 Å². The first-order valence-corrected chi connectivity index (χ1v) is 7.87. The van der Waals surface area contributed by atoms with Crippen LogP contribution < -0.4 is 0 Å². The molecule has 0 radical (unpaired) electrons. The highest BCUT2D eigenvalue weighted by Crippen LogP contribution is 2.34. The van der Waals surface area contributed by atoms with E-state index in [1.807, 2.05) is 0 Å². The lowest BCUT2D eigenvalue weighted by molar-refractivity contribution is 0.586. The van der Waals surface area contributed by atoms with E-state index < -0.39 is 0 Å². The summed E-state index contributed by atoms with van der Waals surface area (Å²) in [5.74, 6) is 0.367. The quantitative estimate of drug-likeness (QED) is 0.633. The third kappa shape index (κ3) is 2.89. The van der Waals surface area contributed by atoms with E-state index in [0.29, 0.717) is 5.92 Å². The molecule has 2 aromatic rings. The molecule has 1 nitrogen and oxygen atoms in total. The zero-order valence-corrected chi connectivity index (χ0v) is 13.8. The first-order valence-electron chi connectivity index (χ1n) is 7.87. The van der Waals surface area contributed by atoms with Gasteiger partial charge in [-0.15, -0.1) is 0 Å². The third-order valence-electron chi connectivity index (χ3n) is 4.07. The topological polar surface area (TPSA) is 12.4 Å². The van der Waals surface area contributed by atoms with E-state index >= 15 is 0 Å². The number of rotatable bonds is 2. The maximum Gasteiger partial charge on any atom is 0.0524 e. The van der Waals surface area contributed by atoms with Gasteiger partial charge in [0.15, 0.2) is 0 Å². The number of fused-ring (bicyclic) bond motifs is 1. The fourth-order valence-corrected chi connectivity index (χ4v) is 2.91. The average molecular weight is 289 g/mol. The van der Waals surface area contributed by atoms with Gasteiger partial charge in [-0.05, 0) is 44.0 Å². The Kier molecular flexibility index (Phi) is 3.74. The third-order valence-corrected chi connectivity index (χ3v) is 4.07. The van der Waals surface area contributed by atoms with Crippen molar-refractivity contribution in [2.24, 2.45) is 4.99 Å². The van der Waals surface area contributed by atoms with Gasteiger partial charge in [0.2, 0.25) is 0 Å². The van der Waals surface area contributed by atoms with Gasteiger partial charge in [-0.25, -0.2) is 0 Å². The second-order valence-corrected chi connectivity index (χ2v) is 6.99. The standard InChI is InChI=1S/C21H23N/c1-15-8-7-11-17(15)19-13-12-16-9-5-6-10-18(16)20(19)14-22-21(2,3)4/h5-14,17H,1-4H3. The lowest BCUT2D eigenvalue weighted by atomic mass is 9.88. The summed E-state index contributed by atoms with van der Waals surface area (Å²) in [5.41, 5.74) is 3.91. The van der Waals surface area contributed by atoms with Gasteiger partial charge < -0.3 is 0 Å². The zero-order valence-electron chi connectivity index (χ0n) is 13.8. The van der Waals surface area contributed by atoms with Gasteiger partial charge in [0.05, 0.1) is 5.54 Å². The van der Waals surface area contributed by atoms with Gasteiger partial charge >= 0.3 is 0 Å². The first kappa shape index (κ1) is 14.8. The smallest absolute Gasteiger partial charge is 0.0524 e. The van der Waals surface area contributed by atoms with Crippen molar-refractivity contribution in [3.8, 4) is 0 Å². The SMILES string of the molecule is CC1=CC=CC1c1ccc2ccccc2c1C=NC(C)(C)C. The minimum atomic E-state index is -0.0649. The second-order valence-electron chi connectivity index (χ2n) is 6.99. The molecule has 0 aromatic heterocycles. The fraction of sp³-hybridized carbons (Fsp3) is 0.286. The van der Waals surface area contributed by atoms with Crippen molar-refractivity contribution in [3.63, 3.8) is 0 Å². The molecule has 3 rings (SSSR count). The molecule has 0 amide bonds. The summed E-state index contributed by atoms with van der Waals surface area (Å²) in [6.45, 7) is 8.60. The number of allylic oxidation sites excluding steroid dienone is 4. The molecule has 1 heteroatoms. The number of aliphatic imine (C=N–C) groups is 1. The summed E-state index contributed by atoms with van der Waals surface area (Å²) in [6, 6.07) is 13.0. The molecule has 1 atom stereocenters. The van der Waals surface area contributed by atoms with Crippen LogP contribution >= 0.6 is 0 Å². The van der Waals surface area contributed by atoms with Gasteiger partial charge in [0.25, 0.3) is 0 Å². The van der Waals surface area contributed by atoms with Crippen LogP contribution in [0.5, 0.6) is 0 Å². The van der Waals surface area contributed by atoms with Gasteiger partial charge in [-0.1, -0.05) is 60.2 Å². The van der Waals surface area contributed by atoms with Gasteiger partial charge in [-0.3, -0.25) is 4.99 Å². The number of hydrogen-bond donors (Lipinski definition) is 0. The van der Waals surface area contributed by atoms with E-state index in [1.54, 1.807) is 0 Å². The predicted molar refractivity (Wildman–Crippen MR) is 96.9 cm³/mol. The molecule has 2 aromatic carbocycles. The van der Waals surface area contributed by atoms with Crippen molar-refractivity contribution in [2.45, 2.75) is 39.2 Å². The maximum atomic E-state index is 4.77. The highest BCUT2D eigenvalue weighted by atomic mass is 14.8. The highest BCUT2D eigenvalue weighted by molar-refractivity contribution is 6.01. The van der Waals surface area contributed by atoms with Gasteiger partial charge in [0, 0.05) is 17.7 Å². The Balaban J connectivity index is 2.21. The molecule has 1 unspecified atom stereocenters. The minimum absolute atomic E-state index is 0.0649. The Bertz CT molecular complexity index is 785. The molecule has 112 valence electrons. The average Bonchev–Trinajstić information content (AvgIpc) is 2.89. The number of nitrogens with zero attached hydrogens (tertiary/aromatic N) is 1. The Morgan fingerprint density at radius 1 is 1.05 bits per heavy atom. The first-order chi connectivity index (χ1) is 10.5. The predicted octanol–water partition coefficient (Wildman–Crippen LogP) is 5.66. The van der Waals surface area contributed by atoms with Gasteiger partial charge in [-0.2, -0.15) is 0 Å². The molecule has 0 N–H and O–H groups in total. The normalized spacial score (nSPS) is 18.4. The summed E-state index contributed by atoms with van der Waals surface area (Å²) in [5, 5.41) is 2.55. The van der Waals surface area contributed by atoms with Crippen LogP contribution in [0.2, 0.25) is 0 Å². The summed E-state index contributed by atoms with van der Waals surface area (Å²) in [4.78, 5) is 4.77. The lowest BCUT2D eigenvalue weighted by Gasteiger charge is -2.18. The molecular weight excluding hydrogens is 266 g/mol. The molecule has 0 aliphatic heterocycles. The van der Waals surface area contributed by atoms with Crippen molar-refractivity contribution in [3.05, 3.63) is 71.3 Å². The van der Waals surface area contributed by atoms with Crippen LogP contribution in [-0.4, -0.2) is 11.8 Å². The fourth-order valence-electron chi connectivity index (χ4n) is 2.91. The molecule has 1 aliphatic rings. The molecule has 22 heavy (non-hydrogen) atoms. The molecule has 0 spiro atoms. The van der Waals surface area contributed by atoms with Crippen LogP contribution in [0, 0.1) is 0 Å². The number of benzene rings is 2. The monoisotopic (exact) mass is 289 g/mol. The molecule has 0 heterocycles. The number of hydrogen-bond acceptors (Lipinski definition) is 1. The Labute approximate surface area is 133 Å². The second kappa shape index (κ2) is 5.57. The molecular formula is C21H23N. The van der Waals surface area contributed by atoms with Crippen molar-refractivity contribution in [1.82, 2.24) is 0 Å². The van der Waals surface area contributed by atoms with Crippen LogP contribution in [0.4, 0.5) is 0 Å². The lowest BCUT2D eigenvalue weighted by Crippen LogP contribution is -2.10. The minimum Gasteiger partial charge on any atom is -0.287 e. The summed E-state index contributed by atoms with van der Waals surface area (Å²) >= 11 is 0. The van der Waals surface area contributed by atoms with Crippen molar-refractivity contribution in [2.75, 3.05) is 0 Å². The van der Waals surface area contributed by atoms with Crippen LogP contribution in [-0.2, 0) is 0 Å². The molecule has 0 saturated heterocycles. The van der Waals surface area contributed by atoms with Crippen LogP contribution in [0.25, 0.3) is 10.8 Å². The van der Waals surface area contributed by atoms with Gasteiger partial charge in [0.1, 0.15) is 0 Å². The maximum absolute atomic E-state index is 4.77. The van der Waals surface area contributed by atoms with E-state index in [9.17, 15) is 0 Å². The Hall–Kier alpha value is -2.15. The Morgan fingerprint density at radius 2 is 1.82 bits per heavy atom. The molecule has 0 fully saturated rings. The van der Waals surface area contributed by atoms with E-state index in [2.05, 4.69) is 88.5 Å². The van der Waals surface area contributed by atoms with Crippen molar-refractivity contribution < 1.29 is 0 Å². The zero-order chi connectivity index (χ0) is 15.7. The van der Waals surface area contributed by atoms with Crippen LogP contribution in [0.3, 0.4) is 0 Å². The summed E-state index contributed by atoms with van der Waals surface area (Å²) < 4.78 is 0. The molecule has 1 aliphatic carbocycles. The van der Waals surface area contributed by atoms with E-state index in [4.69, 9.17) is 4.99 Å². The van der Waals surface area contributed by atoms with E-state index in [1.165, 1.54) is 27.5 Å². The molecule has 0 bridgehead atoms. The van der Waals surface area contributed by atoms with Crippen molar-refractivity contribution in [1.29, 1.82) is 0 Å². The van der Waals surface area contributed by atoms with Crippen LogP contribution in [0.1, 0.15) is 44.7 Å². The van der Waals surface area contributed by atoms with Crippen LogP contribution in [0.15, 0.2) is 65.2 Å². The van der Waals surface area contributed by atoms with E-state index in [0.717, 1.165) is 0 Å². The Morgan fingerprint density at radius 3 is 2.50 bits per heavy atom. The highest BCUT2D eigenvalue weighted by Gasteiger charge is 2.18. The van der Waals surface area contributed by atoms with E-state index in [-0.39, 0.29) is 5.54 Å². The summed E-state index contributed by atoms with van der Waals surface area (Å²) in [7, 11) is 0. The summed E-state index contributed by atoms with van der Waals surface area (Å²) in [6.07, 6.45) is 8.69. The largest absolute Gasteiger partial charge is 0.287 e. The molecule has 0 saturated carbocycles.